The van der Waals surface area contributed by atoms with E-state index in [1.165, 1.54) is 10.8 Å². The Labute approximate surface area is 266 Å². The van der Waals surface area contributed by atoms with Crippen LogP contribution in [0, 0.1) is 0 Å². The second kappa shape index (κ2) is 9.05. The van der Waals surface area contributed by atoms with Gasteiger partial charge in [0.1, 0.15) is 28.0 Å². The summed E-state index contributed by atoms with van der Waals surface area (Å²) < 4.78 is 15.0. The summed E-state index contributed by atoms with van der Waals surface area (Å²) in [7, 11) is 0. The molecule has 0 saturated carbocycles. The van der Waals surface area contributed by atoms with Crippen molar-refractivity contribution in [2.24, 2.45) is 0 Å². The highest BCUT2D eigenvalue weighted by atomic mass is 16.3. The van der Waals surface area contributed by atoms with E-state index in [2.05, 4.69) is 95.6 Å². The van der Waals surface area contributed by atoms with Gasteiger partial charge in [0.15, 0.2) is 5.82 Å². The first-order valence-corrected chi connectivity index (χ1v) is 15.7. The Kier molecular flexibility index (Phi) is 4.78. The summed E-state index contributed by atoms with van der Waals surface area (Å²) in [5.74, 6) is 0.767. The Hall–Kier alpha value is -6.46. The van der Waals surface area contributed by atoms with Crippen LogP contribution in [0.15, 0.2) is 148 Å². The number of furan rings is 2. The predicted molar refractivity (Wildman–Crippen MR) is 191 cm³/mol. The van der Waals surface area contributed by atoms with Crippen LogP contribution in [0.2, 0.25) is 0 Å². The molecule has 0 aliphatic carbocycles. The maximum atomic E-state index is 6.56. The SMILES string of the molecule is c1ccc2c(c1)ccc1oc3cc4c(cc3c12)c1ccccc1n4-c1nc2ccccc2nc1-c1ccc2oc3ccccc3c2c1. The van der Waals surface area contributed by atoms with Crippen LogP contribution in [-0.2, 0) is 0 Å². The van der Waals surface area contributed by atoms with E-state index < -0.39 is 0 Å². The lowest BCUT2D eigenvalue weighted by Gasteiger charge is -2.14. The lowest BCUT2D eigenvalue weighted by Crippen LogP contribution is -2.03. The van der Waals surface area contributed by atoms with Gasteiger partial charge in [-0.25, -0.2) is 9.97 Å². The molecule has 11 rings (SSSR count). The summed E-state index contributed by atoms with van der Waals surface area (Å²) >= 11 is 0. The van der Waals surface area contributed by atoms with Gasteiger partial charge in [-0.05, 0) is 65.4 Å². The fourth-order valence-corrected chi connectivity index (χ4v) is 7.45. The molecule has 11 aromatic rings. The van der Waals surface area contributed by atoms with Gasteiger partial charge in [0.2, 0.25) is 0 Å². The molecule has 0 bridgehead atoms. The van der Waals surface area contributed by atoms with E-state index in [-0.39, 0.29) is 0 Å². The number of nitrogens with zero attached hydrogens (tertiary/aromatic N) is 3. The molecule has 0 radical (unpaired) electrons. The molecule has 4 heterocycles. The summed E-state index contributed by atoms with van der Waals surface area (Å²) in [6.45, 7) is 0. The van der Waals surface area contributed by atoms with Crippen LogP contribution in [0.3, 0.4) is 0 Å². The largest absolute Gasteiger partial charge is 0.456 e. The van der Waals surface area contributed by atoms with Gasteiger partial charge in [0, 0.05) is 43.9 Å². The molecule has 5 heteroatoms. The topological polar surface area (TPSA) is 57.0 Å². The van der Waals surface area contributed by atoms with Crippen molar-refractivity contribution in [3.8, 4) is 17.1 Å². The monoisotopic (exact) mass is 601 g/mol. The van der Waals surface area contributed by atoms with E-state index in [1.54, 1.807) is 0 Å². The highest BCUT2D eigenvalue weighted by Crippen LogP contribution is 2.42. The Morgan fingerprint density at radius 3 is 2.04 bits per heavy atom. The molecular weight excluding hydrogens is 578 g/mol. The molecule has 7 aromatic carbocycles. The molecule has 0 atom stereocenters. The van der Waals surface area contributed by atoms with E-state index in [1.807, 2.05) is 48.5 Å². The fraction of sp³-hybridized carbons (Fsp3) is 0. The molecule has 218 valence electrons. The lowest BCUT2D eigenvalue weighted by molar-refractivity contribution is 0.668. The van der Waals surface area contributed by atoms with Gasteiger partial charge >= 0.3 is 0 Å². The summed E-state index contributed by atoms with van der Waals surface area (Å²) in [6.07, 6.45) is 0. The van der Waals surface area contributed by atoms with Crippen molar-refractivity contribution in [1.82, 2.24) is 14.5 Å². The van der Waals surface area contributed by atoms with Crippen molar-refractivity contribution >= 4 is 87.5 Å². The van der Waals surface area contributed by atoms with Crippen LogP contribution in [-0.4, -0.2) is 14.5 Å². The van der Waals surface area contributed by atoms with Gasteiger partial charge in [-0.2, -0.15) is 0 Å². The molecule has 0 spiro atoms. The standard InChI is InChI=1S/C42H23N3O2/c1-2-10-26-24(9-1)17-20-38-40(26)31-22-29-27-11-3-7-15-34(27)45(35(29)23-39(31)47-38)42-41(43-32-13-5-6-14-33(32)44-42)25-18-19-37-30(21-25)28-12-4-8-16-36(28)46-37/h1-23H. The number of benzene rings is 7. The van der Waals surface area contributed by atoms with E-state index in [4.69, 9.17) is 18.8 Å². The van der Waals surface area contributed by atoms with Crippen molar-refractivity contribution in [2.75, 3.05) is 0 Å². The van der Waals surface area contributed by atoms with Crippen LogP contribution in [0.5, 0.6) is 0 Å². The van der Waals surface area contributed by atoms with Crippen LogP contribution in [0.1, 0.15) is 0 Å². The van der Waals surface area contributed by atoms with Crippen LogP contribution >= 0.6 is 0 Å². The van der Waals surface area contributed by atoms with Crippen LogP contribution in [0.4, 0.5) is 0 Å². The molecule has 0 aliphatic rings. The van der Waals surface area contributed by atoms with Crippen LogP contribution < -0.4 is 0 Å². The zero-order chi connectivity index (χ0) is 30.6. The first-order valence-electron chi connectivity index (χ1n) is 15.7. The minimum absolute atomic E-state index is 0.767. The van der Waals surface area contributed by atoms with Crippen molar-refractivity contribution in [1.29, 1.82) is 0 Å². The first-order chi connectivity index (χ1) is 23.3. The van der Waals surface area contributed by atoms with E-state index in [9.17, 15) is 0 Å². The zero-order valence-electron chi connectivity index (χ0n) is 24.9. The number of hydrogen-bond donors (Lipinski definition) is 0. The average Bonchev–Trinajstić information content (AvgIpc) is 3.79. The van der Waals surface area contributed by atoms with E-state index in [0.29, 0.717) is 0 Å². The van der Waals surface area contributed by atoms with Gasteiger partial charge < -0.3 is 8.83 Å². The Balaban J connectivity index is 1.26. The van der Waals surface area contributed by atoms with E-state index >= 15 is 0 Å². The van der Waals surface area contributed by atoms with Gasteiger partial charge in [0.25, 0.3) is 0 Å². The summed E-state index contributed by atoms with van der Waals surface area (Å²) in [5.41, 5.74) is 8.97. The highest BCUT2D eigenvalue weighted by Gasteiger charge is 2.22. The average molecular weight is 602 g/mol. The molecule has 4 aromatic heterocycles. The van der Waals surface area contributed by atoms with Crippen molar-refractivity contribution in [3.63, 3.8) is 0 Å². The molecule has 0 N–H and O–H groups in total. The predicted octanol–water partition coefficient (Wildman–Crippen LogP) is 11.3. The van der Waals surface area contributed by atoms with Crippen molar-refractivity contribution in [2.45, 2.75) is 0 Å². The third-order valence-corrected chi connectivity index (χ3v) is 9.57. The van der Waals surface area contributed by atoms with Gasteiger partial charge in [-0.1, -0.05) is 78.9 Å². The summed E-state index contributed by atoms with van der Waals surface area (Å²) in [6, 6.07) is 48.3. The quantitative estimate of drug-likeness (QED) is 0.198. The number of rotatable bonds is 2. The molecule has 0 unspecified atom stereocenters. The Bertz CT molecular complexity index is 3090. The summed E-state index contributed by atoms with van der Waals surface area (Å²) in [5, 5.41) is 9.06. The number of hydrogen-bond acceptors (Lipinski definition) is 4. The third-order valence-electron chi connectivity index (χ3n) is 9.57. The normalized spacial score (nSPS) is 12.3. The van der Waals surface area contributed by atoms with Crippen molar-refractivity contribution < 1.29 is 8.83 Å². The zero-order valence-corrected chi connectivity index (χ0v) is 24.9. The second-order valence-corrected chi connectivity index (χ2v) is 12.2. The molecule has 0 amide bonds. The number of para-hydroxylation sites is 4. The second-order valence-electron chi connectivity index (χ2n) is 12.2. The van der Waals surface area contributed by atoms with Gasteiger partial charge in [-0.15, -0.1) is 0 Å². The molecule has 0 fully saturated rings. The van der Waals surface area contributed by atoms with E-state index in [0.717, 1.165) is 93.8 Å². The molecular formula is C42H23N3O2. The highest BCUT2D eigenvalue weighted by molar-refractivity contribution is 6.23. The smallest absolute Gasteiger partial charge is 0.165 e. The first kappa shape index (κ1) is 24.8. The molecule has 0 saturated heterocycles. The van der Waals surface area contributed by atoms with Crippen molar-refractivity contribution in [3.05, 3.63) is 140 Å². The number of aromatic nitrogens is 3. The maximum Gasteiger partial charge on any atom is 0.165 e. The molecule has 47 heavy (non-hydrogen) atoms. The maximum absolute atomic E-state index is 6.56. The minimum Gasteiger partial charge on any atom is -0.456 e. The molecule has 0 aliphatic heterocycles. The number of fused-ring (bicyclic) bond motifs is 12. The fourth-order valence-electron chi connectivity index (χ4n) is 7.45. The summed E-state index contributed by atoms with van der Waals surface area (Å²) in [4.78, 5) is 10.6. The lowest BCUT2D eigenvalue weighted by atomic mass is 10.0. The third kappa shape index (κ3) is 3.43. The van der Waals surface area contributed by atoms with Gasteiger partial charge in [-0.3, -0.25) is 4.57 Å². The van der Waals surface area contributed by atoms with Crippen LogP contribution in [0.25, 0.3) is 105 Å². The Morgan fingerprint density at radius 2 is 1.13 bits per heavy atom. The Morgan fingerprint density at radius 1 is 0.426 bits per heavy atom. The van der Waals surface area contributed by atoms with Gasteiger partial charge in [0.05, 0.1) is 22.1 Å². The molecule has 5 nitrogen and oxygen atoms in total. The minimum atomic E-state index is 0.767.